The van der Waals surface area contributed by atoms with Gasteiger partial charge in [0.2, 0.25) is 0 Å². The summed E-state index contributed by atoms with van der Waals surface area (Å²) in [7, 11) is 0. The van der Waals surface area contributed by atoms with Crippen molar-refractivity contribution in [3.8, 4) is 17.0 Å². The number of benzene rings is 4. The van der Waals surface area contributed by atoms with E-state index in [9.17, 15) is 4.79 Å². The average molecular weight is 539 g/mol. The molecule has 0 saturated heterocycles. The molecule has 4 aromatic carbocycles. The number of thiazole rings is 1. The third-order valence-corrected chi connectivity index (χ3v) is 6.60. The Bertz CT molecular complexity index is 1540. The normalized spacial score (nSPS) is 10.9. The zero-order valence-electron chi connectivity index (χ0n) is 20.2. The molecular weight excluding hydrogens is 516 g/mol. The molecule has 5 aromatic rings. The summed E-state index contributed by atoms with van der Waals surface area (Å²) in [5.41, 5.74) is 7.58. The molecule has 0 aliphatic carbocycles. The van der Waals surface area contributed by atoms with Crippen LogP contribution in [-0.4, -0.2) is 17.1 Å². The molecule has 188 valence electrons. The maximum atomic E-state index is 12.5. The molecule has 38 heavy (non-hydrogen) atoms. The Morgan fingerprint density at radius 1 is 0.947 bits per heavy atom. The van der Waals surface area contributed by atoms with Crippen molar-refractivity contribution in [1.82, 2.24) is 10.4 Å². The van der Waals surface area contributed by atoms with Crippen molar-refractivity contribution in [2.75, 3.05) is 5.32 Å². The van der Waals surface area contributed by atoms with E-state index in [1.165, 1.54) is 17.6 Å². The fourth-order valence-corrected chi connectivity index (χ4v) is 4.56. The monoisotopic (exact) mass is 538 g/mol. The largest absolute Gasteiger partial charge is 0.487 e. The molecule has 0 bridgehead atoms. The Morgan fingerprint density at radius 2 is 1.68 bits per heavy atom. The quantitative estimate of drug-likeness (QED) is 0.150. The number of carbonyl (C=O) groups is 1. The second kappa shape index (κ2) is 12.2. The number of halogens is 1. The Labute approximate surface area is 229 Å². The van der Waals surface area contributed by atoms with Crippen molar-refractivity contribution in [3.63, 3.8) is 0 Å². The van der Waals surface area contributed by atoms with Crippen LogP contribution in [0.3, 0.4) is 0 Å². The van der Waals surface area contributed by atoms with Crippen LogP contribution in [0.15, 0.2) is 114 Å². The first-order valence-electron chi connectivity index (χ1n) is 11.8. The highest BCUT2D eigenvalue weighted by atomic mass is 35.5. The lowest BCUT2D eigenvalue weighted by Gasteiger charge is -2.08. The summed E-state index contributed by atoms with van der Waals surface area (Å²) in [6.07, 6.45) is 1.54. The molecule has 0 aliphatic heterocycles. The number of anilines is 2. The van der Waals surface area contributed by atoms with Crippen LogP contribution in [-0.2, 0) is 6.61 Å². The molecule has 6 nitrogen and oxygen atoms in total. The average Bonchev–Trinajstić information content (AvgIpc) is 3.42. The summed E-state index contributed by atoms with van der Waals surface area (Å²) < 4.78 is 5.79. The number of hydrogen-bond acceptors (Lipinski definition) is 6. The van der Waals surface area contributed by atoms with Crippen LogP contribution in [0.5, 0.6) is 5.75 Å². The van der Waals surface area contributed by atoms with Crippen LogP contribution in [0.25, 0.3) is 11.3 Å². The minimum atomic E-state index is -0.313. The highest BCUT2D eigenvalue weighted by Crippen LogP contribution is 2.28. The van der Waals surface area contributed by atoms with Crippen molar-refractivity contribution in [2.45, 2.75) is 6.61 Å². The molecule has 8 heteroatoms. The Hall–Kier alpha value is -4.46. The van der Waals surface area contributed by atoms with E-state index in [2.05, 4.69) is 20.8 Å². The van der Waals surface area contributed by atoms with Gasteiger partial charge in [0.15, 0.2) is 5.13 Å². The molecule has 1 aromatic heterocycles. The van der Waals surface area contributed by atoms with Gasteiger partial charge in [-0.25, -0.2) is 10.4 Å². The van der Waals surface area contributed by atoms with Gasteiger partial charge in [0, 0.05) is 22.2 Å². The number of rotatable bonds is 9. The van der Waals surface area contributed by atoms with Gasteiger partial charge in [0.1, 0.15) is 12.4 Å². The summed E-state index contributed by atoms with van der Waals surface area (Å²) >= 11 is 7.88. The first-order valence-corrected chi connectivity index (χ1v) is 13.1. The van der Waals surface area contributed by atoms with E-state index < -0.39 is 0 Å². The topological polar surface area (TPSA) is 75.6 Å². The van der Waals surface area contributed by atoms with Crippen molar-refractivity contribution in [3.05, 3.63) is 130 Å². The first-order chi connectivity index (χ1) is 18.6. The number of nitrogens with zero attached hydrogens (tertiary/aromatic N) is 2. The maximum Gasteiger partial charge on any atom is 0.271 e. The minimum absolute atomic E-state index is 0.313. The molecule has 0 aliphatic rings. The van der Waals surface area contributed by atoms with Crippen LogP contribution < -0.4 is 15.5 Å². The molecule has 1 amide bonds. The van der Waals surface area contributed by atoms with Gasteiger partial charge in [-0.05, 0) is 53.6 Å². The number of para-hydroxylation sites is 1. The zero-order valence-corrected chi connectivity index (χ0v) is 21.7. The van der Waals surface area contributed by atoms with Gasteiger partial charge < -0.3 is 10.1 Å². The maximum absolute atomic E-state index is 12.5. The molecule has 0 fully saturated rings. The van der Waals surface area contributed by atoms with E-state index >= 15 is 0 Å². The van der Waals surface area contributed by atoms with E-state index in [4.69, 9.17) is 16.3 Å². The second-order valence-corrected chi connectivity index (χ2v) is 9.53. The van der Waals surface area contributed by atoms with Crippen molar-refractivity contribution >= 4 is 45.9 Å². The second-order valence-electron chi connectivity index (χ2n) is 8.27. The molecule has 5 rings (SSSR count). The van der Waals surface area contributed by atoms with E-state index in [0.29, 0.717) is 22.9 Å². The number of nitrogens with one attached hydrogen (secondary N) is 2. The van der Waals surface area contributed by atoms with Gasteiger partial charge in [-0.1, -0.05) is 72.3 Å². The van der Waals surface area contributed by atoms with Gasteiger partial charge in [0.25, 0.3) is 5.91 Å². The first kappa shape index (κ1) is 25.2. The number of hydrazone groups is 1. The fourth-order valence-electron chi connectivity index (χ4n) is 3.58. The lowest BCUT2D eigenvalue weighted by atomic mass is 10.1. The number of carbonyl (C=O) groups excluding carboxylic acids is 1. The Balaban J connectivity index is 1.14. The third kappa shape index (κ3) is 6.64. The summed E-state index contributed by atoms with van der Waals surface area (Å²) in [5.74, 6) is 0.270. The Kier molecular flexibility index (Phi) is 8.08. The van der Waals surface area contributed by atoms with Crippen molar-refractivity contribution in [2.24, 2.45) is 5.10 Å². The zero-order chi connectivity index (χ0) is 26.2. The highest BCUT2D eigenvalue weighted by molar-refractivity contribution is 7.14. The molecule has 2 N–H and O–H groups in total. The van der Waals surface area contributed by atoms with Crippen molar-refractivity contribution < 1.29 is 9.53 Å². The predicted molar refractivity (Wildman–Crippen MR) is 155 cm³/mol. The van der Waals surface area contributed by atoms with E-state index in [-0.39, 0.29) is 5.91 Å². The summed E-state index contributed by atoms with van der Waals surface area (Å²) in [5, 5.41) is 10.6. The van der Waals surface area contributed by atoms with Gasteiger partial charge in [0.05, 0.1) is 16.9 Å². The van der Waals surface area contributed by atoms with Gasteiger partial charge in [-0.15, -0.1) is 11.3 Å². The third-order valence-electron chi connectivity index (χ3n) is 5.54. The van der Waals surface area contributed by atoms with Gasteiger partial charge >= 0.3 is 0 Å². The lowest BCUT2D eigenvalue weighted by Crippen LogP contribution is -2.17. The standard InChI is InChI=1S/C30H23ClN4O2S/c31-26-17-22(11-16-28(26)37-19-21-7-3-1-4-8-21)18-32-35-29(36)24-14-12-23(13-15-24)27-20-38-30(34-27)33-25-9-5-2-6-10-25/h1-18,20H,19H2,(H,33,34)(H,35,36)/b32-18-. The SMILES string of the molecule is O=C(N/N=C\c1ccc(OCc2ccccc2)c(Cl)c1)c1ccc(-c2csc(Nc3ccccc3)n2)cc1. The minimum Gasteiger partial charge on any atom is -0.487 e. The summed E-state index contributed by atoms with van der Waals surface area (Å²) in [4.78, 5) is 17.2. The smallest absolute Gasteiger partial charge is 0.271 e. The lowest BCUT2D eigenvalue weighted by molar-refractivity contribution is 0.0955. The van der Waals surface area contributed by atoms with Crippen molar-refractivity contribution in [1.29, 1.82) is 0 Å². The number of amides is 1. The van der Waals surface area contributed by atoms with Crippen LogP contribution >= 0.6 is 22.9 Å². The van der Waals surface area contributed by atoms with E-state index in [1.54, 1.807) is 24.3 Å². The predicted octanol–water partition coefficient (Wildman–Crippen LogP) is 7.55. The molecule has 0 unspecified atom stereocenters. The van der Waals surface area contributed by atoms with Gasteiger partial charge in [-0.3, -0.25) is 4.79 Å². The molecule has 0 atom stereocenters. The van der Waals surface area contributed by atoms with Crippen LogP contribution in [0, 0.1) is 0 Å². The number of ether oxygens (including phenoxy) is 1. The van der Waals surface area contributed by atoms with Crippen LogP contribution in [0.4, 0.5) is 10.8 Å². The van der Waals surface area contributed by atoms with Crippen LogP contribution in [0.2, 0.25) is 5.02 Å². The fraction of sp³-hybridized carbons (Fsp3) is 0.0333. The van der Waals surface area contributed by atoms with E-state index in [0.717, 1.165) is 33.2 Å². The molecule has 0 radical (unpaired) electrons. The summed E-state index contributed by atoms with van der Waals surface area (Å²) in [6, 6.07) is 32.3. The number of hydrogen-bond donors (Lipinski definition) is 2. The molecular formula is C30H23ClN4O2S. The highest BCUT2D eigenvalue weighted by Gasteiger charge is 2.08. The molecule has 0 spiro atoms. The summed E-state index contributed by atoms with van der Waals surface area (Å²) in [6.45, 7) is 0.428. The van der Waals surface area contributed by atoms with Crippen LogP contribution in [0.1, 0.15) is 21.5 Å². The van der Waals surface area contributed by atoms with E-state index in [1.807, 2.05) is 84.2 Å². The number of aromatic nitrogens is 1. The van der Waals surface area contributed by atoms with Gasteiger partial charge in [-0.2, -0.15) is 5.10 Å². The molecule has 1 heterocycles. The molecule has 0 saturated carbocycles. The Morgan fingerprint density at radius 3 is 2.42 bits per heavy atom.